The minimum atomic E-state index is 0.749. The van der Waals surface area contributed by atoms with E-state index in [1.807, 2.05) is 0 Å². The van der Waals surface area contributed by atoms with Crippen LogP contribution in [0.1, 0.15) is 12.8 Å². The molecule has 2 aliphatic heterocycles. The smallest absolute Gasteiger partial charge is 0.00468 e. The third-order valence-corrected chi connectivity index (χ3v) is 2.42. The Hall–Kier alpha value is -0.0800. The highest BCUT2D eigenvalue weighted by Crippen LogP contribution is 2.24. The van der Waals surface area contributed by atoms with Crippen molar-refractivity contribution in [3.8, 4) is 0 Å². The van der Waals surface area contributed by atoms with Gasteiger partial charge in [0.15, 0.2) is 0 Å². The van der Waals surface area contributed by atoms with Gasteiger partial charge in [-0.25, -0.2) is 0 Å². The van der Waals surface area contributed by atoms with Crippen LogP contribution >= 0.6 is 0 Å². The highest BCUT2D eigenvalue weighted by molar-refractivity contribution is 5.03. The lowest BCUT2D eigenvalue weighted by Gasteiger charge is -2.27. The van der Waals surface area contributed by atoms with E-state index in [-0.39, 0.29) is 0 Å². The lowest BCUT2D eigenvalue weighted by Crippen LogP contribution is -2.40. The summed E-state index contributed by atoms with van der Waals surface area (Å²) in [6.45, 7) is 3.42. The largest absolute Gasteiger partial charge is 0.661 e. The van der Waals surface area contributed by atoms with E-state index in [0.29, 0.717) is 0 Å². The van der Waals surface area contributed by atoms with Gasteiger partial charge in [0.1, 0.15) is 0 Å². The maximum Gasteiger partial charge on any atom is -0.00468 e. The highest BCUT2D eigenvalue weighted by Gasteiger charge is 2.22. The van der Waals surface area contributed by atoms with Gasteiger partial charge in [0, 0.05) is 0 Å². The molecule has 2 heteroatoms. The zero-order valence-electron chi connectivity index (χ0n) is 5.64. The summed E-state index contributed by atoms with van der Waals surface area (Å²) in [5, 5.41) is 7.85. The van der Waals surface area contributed by atoms with Crippen LogP contribution in [0, 0.1) is 5.92 Å². The van der Waals surface area contributed by atoms with E-state index in [0.717, 1.165) is 25.0 Å². The van der Waals surface area contributed by atoms with Crippen molar-refractivity contribution >= 4 is 0 Å². The van der Waals surface area contributed by atoms with Crippen molar-refractivity contribution in [3.63, 3.8) is 0 Å². The van der Waals surface area contributed by atoms with Gasteiger partial charge in [0.2, 0.25) is 0 Å². The fourth-order valence-corrected chi connectivity index (χ4v) is 1.83. The van der Waals surface area contributed by atoms with E-state index in [9.17, 15) is 0 Å². The zero-order chi connectivity index (χ0) is 6.10. The molecule has 2 nitrogen and oxygen atoms in total. The standard InChI is InChI=1S/C7H13N2/c1-2-6-4-8-5-7(6)9-3-1/h6-7,9H,1-5H2/q-1/t6-,7+/m0/s1. The zero-order valence-corrected chi connectivity index (χ0v) is 5.64. The summed E-state index contributed by atoms with van der Waals surface area (Å²) in [4.78, 5) is 0. The number of nitrogens with zero attached hydrogens (tertiary/aromatic N) is 1. The van der Waals surface area contributed by atoms with Crippen LogP contribution in [0.25, 0.3) is 5.32 Å². The Bertz CT molecular complexity index is 91.1. The van der Waals surface area contributed by atoms with E-state index >= 15 is 0 Å². The number of piperidine rings is 1. The summed E-state index contributed by atoms with van der Waals surface area (Å²) < 4.78 is 0. The molecule has 2 rings (SSSR count). The molecule has 0 amide bonds. The Morgan fingerprint density at radius 3 is 3.22 bits per heavy atom. The summed E-state index contributed by atoms with van der Waals surface area (Å²) >= 11 is 0. The number of fused-ring (bicyclic) bond motifs is 1. The summed E-state index contributed by atoms with van der Waals surface area (Å²) in [6.07, 6.45) is 2.76. The number of hydrogen-bond acceptors (Lipinski definition) is 1. The van der Waals surface area contributed by atoms with E-state index in [1.54, 1.807) is 0 Å². The van der Waals surface area contributed by atoms with Crippen molar-refractivity contribution < 1.29 is 0 Å². The number of hydrogen-bond donors (Lipinski definition) is 1. The second-order valence-electron chi connectivity index (χ2n) is 3.05. The maximum absolute atomic E-state index is 4.37. The molecule has 0 aliphatic carbocycles. The fourth-order valence-electron chi connectivity index (χ4n) is 1.83. The predicted octanol–water partition coefficient (Wildman–Crippen LogP) is 0.742. The molecule has 0 aromatic rings. The molecule has 0 spiro atoms. The molecule has 2 saturated heterocycles. The van der Waals surface area contributed by atoms with Crippen LogP contribution in [-0.4, -0.2) is 25.7 Å². The van der Waals surface area contributed by atoms with E-state index in [4.69, 9.17) is 0 Å². The molecule has 9 heavy (non-hydrogen) atoms. The summed E-state index contributed by atoms with van der Waals surface area (Å²) in [6, 6.07) is 0.749. The van der Waals surface area contributed by atoms with Gasteiger partial charge < -0.3 is 10.6 Å². The van der Waals surface area contributed by atoms with Crippen LogP contribution in [0.5, 0.6) is 0 Å². The van der Waals surface area contributed by atoms with Gasteiger partial charge in [0.25, 0.3) is 0 Å². The van der Waals surface area contributed by atoms with Crippen molar-refractivity contribution in [2.45, 2.75) is 18.9 Å². The van der Waals surface area contributed by atoms with Crippen LogP contribution < -0.4 is 5.32 Å². The third kappa shape index (κ3) is 0.970. The number of nitrogens with one attached hydrogen (secondary N) is 1. The van der Waals surface area contributed by atoms with Gasteiger partial charge in [-0.3, -0.25) is 0 Å². The quantitative estimate of drug-likeness (QED) is 0.508. The first kappa shape index (κ1) is 5.69. The van der Waals surface area contributed by atoms with Crippen LogP contribution in [0.4, 0.5) is 0 Å². The van der Waals surface area contributed by atoms with E-state index in [2.05, 4.69) is 10.6 Å². The van der Waals surface area contributed by atoms with Gasteiger partial charge in [-0.1, -0.05) is 0 Å². The Kier molecular flexibility index (Phi) is 1.44. The Morgan fingerprint density at radius 1 is 1.33 bits per heavy atom. The molecule has 0 radical (unpaired) electrons. The van der Waals surface area contributed by atoms with Gasteiger partial charge in [-0.05, 0) is 31.3 Å². The van der Waals surface area contributed by atoms with Crippen molar-refractivity contribution in [1.29, 1.82) is 0 Å². The fraction of sp³-hybridized carbons (Fsp3) is 1.00. The molecule has 0 unspecified atom stereocenters. The Balaban J connectivity index is 1.97. The Morgan fingerprint density at radius 2 is 2.33 bits per heavy atom. The molecule has 0 aromatic heterocycles. The normalized spacial score (nSPS) is 42.7. The molecule has 2 aliphatic rings. The van der Waals surface area contributed by atoms with Crippen molar-refractivity contribution in [2.75, 3.05) is 19.6 Å². The number of rotatable bonds is 0. The first-order valence-electron chi connectivity index (χ1n) is 3.83. The SMILES string of the molecule is C1CN[C@@H]2C[N-]C[C@@H]2C1. The van der Waals surface area contributed by atoms with E-state index < -0.39 is 0 Å². The molecule has 2 atom stereocenters. The van der Waals surface area contributed by atoms with Crippen LogP contribution in [-0.2, 0) is 0 Å². The van der Waals surface area contributed by atoms with Crippen LogP contribution in [0.3, 0.4) is 0 Å². The molecule has 2 heterocycles. The van der Waals surface area contributed by atoms with Gasteiger partial charge in [0.05, 0.1) is 0 Å². The van der Waals surface area contributed by atoms with Crippen LogP contribution in [0.2, 0.25) is 0 Å². The topological polar surface area (TPSA) is 26.1 Å². The molecule has 52 valence electrons. The first-order valence-corrected chi connectivity index (χ1v) is 3.83. The first-order chi connectivity index (χ1) is 4.47. The summed E-state index contributed by atoms with van der Waals surface area (Å²) in [5.41, 5.74) is 0. The lowest BCUT2D eigenvalue weighted by atomic mass is 9.94. The van der Waals surface area contributed by atoms with Crippen LogP contribution in [0.15, 0.2) is 0 Å². The summed E-state index contributed by atoms with van der Waals surface area (Å²) in [7, 11) is 0. The van der Waals surface area contributed by atoms with Crippen molar-refractivity contribution in [2.24, 2.45) is 5.92 Å². The molecule has 0 bridgehead atoms. The molecule has 1 N–H and O–H groups in total. The minimum Gasteiger partial charge on any atom is -0.661 e. The molecule has 0 saturated carbocycles. The van der Waals surface area contributed by atoms with E-state index in [1.165, 1.54) is 19.4 Å². The second kappa shape index (κ2) is 2.27. The van der Waals surface area contributed by atoms with Gasteiger partial charge in [-0.2, -0.15) is 0 Å². The highest BCUT2D eigenvalue weighted by atomic mass is 15.0. The Labute approximate surface area is 56.0 Å². The average molecular weight is 125 g/mol. The molecule has 0 aromatic carbocycles. The molecular weight excluding hydrogens is 112 g/mol. The second-order valence-corrected chi connectivity index (χ2v) is 3.05. The van der Waals surface area contributed by atoms with Gasteiger partial charge in [-0.15, -0.1) is 13.1 Å². The predicted molar refractivity (Wildman–Crippen MR) is 37.6 cm³/mol. The van der Waals surface area contributed by atoms with Gasteiger partial charge >= 0.3 is 0 Å². The van der Waals surface area contributed by atoms with Crippen molar-refractivity contribution in [3.05, 3.63) is 5.32 Å². The van der Waals surface area contributed by atoms with Crippen molar-refractivity contribution in [1.82, 2.24) is 5.32 Å². The molecular formula is C7H13N2-. The maximum atomic E-state index is 4.37. The summed E-state index contributed by atoms with van der Waals surface area (Å²) in [5.74, 6) is 0.888. The molecule has 2 fully saturated rings. The average Bonchev–Trinajstić information content (AvgIpc) is 2.33. The third-order valence-electron chi connectivity index (χ3n) is 2.42. The lowest BCUT2D eigenvalue weighted by molar-refractivity contribution is 0.340. The monoisotopic (exact) mass is 125 g/mol. The minimum absolute atomic E-state index is 0.749.